The smallest absolute Gasteiger partial charge is 0.0932 e. The van der Waals surface area contributed by atoms with Crippen LogP contribution in [0.3, 0.4) is 0 Å². The Hall–Kier alpha value is -0.500. The fraction of sp³-hybridized carbons (Fsp3) is 0.857. The maximum Gasteiger partial charge on any atom is 0.0932 e. The number of alkyl halides is 1. The zero-order valence-corrected chi connectivity index (χ0v) is 25.9. The van der Waals surface area contributed by atoms with E-state index in [9.17, 15) is 0 Å². The average Bonchev–Trinajstić information content (AvgIpc) is 2.79. The number of nitrogens with zero attached hydrogens (tertiary/aromatic N) is 4. The predicted molar refractivity (Wildman–Crippen MR) is 151 cm³/mol. The van der Waals surface area contributed by atoms with Gasteiger partial charge < -0.3 is 9.80 Å². The van der Waals surface area contributed by atoms with Gasteiger partial charge in [0.05, 0.1) is 40.2 Å². The lowest BCUT2D eigenvalue weighted by atomic mass is 9.84. The van der Waals surface area contributed by atoms with Gasteiger partial charge in [0.15, 0.2) is 0 Å². The zero-order valence-electron chi connectivity index (χ0n) is 24.4. The maximum absolute atomic E-state index is 7.15. The van der Waals surface area contributed by atoms with Crippen molar-refractivity contribution in [3.63, 3.8) is 0 Å². The molecule has 8 heteroatoms. The van der Waals surface area contributed by atoms with Gasteiger partial charge in [-0.2, -0.15) is 10.1 Å². The molecule has 0 saturated carbocycles. The van der Waals surface area contributed by atoms with Crippen molar-refractivity contribution in [1.82, 2.24) is 19.9 Å². The lowest BCUT2D eigenvalue weighted by molar-refractivity contribution is -0.261. The molecule has 0 radical (unpaired) electrons. The Morgan fingerprint density at radius 2 is 1.33 bits per heavy atom. The van der Waals surface area contributed by atoms with Crippen LogP contribution in [0.15, 0.2) is 22.5 Å². The third-order valence-electron chi connectivity index (χ3n) is 7.75. The molecule has 1 saturated heterocycles. The average molecular weight is 546 g/mol. The Morgan fingerprint density at radius 3 is 1.86 bits per heavy atom. The second-order valence-electron chi connectivity index (χ2n) is 12.8. The van der Waals surface area contributed by atoms with Crippen LogP contribution in [0.2, 0.25) is 0 Å². The third kappa shape index (κ3) is 5.60. The van der Waals surface area contributed by atoms with Crippen LogP contribution in [-0.2, 0) is 9.68 Å². The van der Waals surface area contributed by atoms with Gasteiger partial charge in [-0.3, -0.25) is 9.68 Å². The van der Waals surface area contributed by atoms with Crippen LogP contribution < -0.4 is 0 Å². The Bertz CT molecular complexity index is 844. The van der Waals surface area contributed by atoms with Gasteiger partial charge in [0, 0.05) is 49.5 Å². The summed E-state index contributed by atoms with van der Waals surface area (Å²) >= 11 is 14.3. The van der Waals surface area contributed by atoms with E-state index in [2.05, 4.69) is 95.2 Å². The topological polar surface area (TPSA) is 31.4 Å². The highest BCUT2D eigenvalue weighted by atomic mass is 35.5. The van der Waals surface area contributed by atoms with Gasteiger partial charge >= 0.3 is 0 Å². The molecule has 3 rings (SSSR count). The third-order valence-corrected chi connectivity index (χ3v) is 9.19. The SMILES string of the molecule is CCCON1C(C)(C)CC(N2CCN(C3=CC(C)(C)N(OCCC)C(C)(C)C3Cl)CC2)=C(Cl)C1(C)C. The first kappa shape index (κ1) is 30.0. The molecular formula is C28H50Cl2N4O2. The van der Waals surface area contributed by atoms with Gasteiger partial charge in [0.2, 0.25) is 0 Å². The van der Waals surface area contributed by atoms with Crippen molar-refractivity contribution < 1.29 is 9.68 Å². The molecule has 6 nitrogen and oxygen atoms in total. The summed E-state index contributed by atoms with van der Waals surface area (Å²) in [6.07, 6.45) is 5.13. The molecule has 1 unspecified atom stereocenters. The lowest BCUT2D eigenvalue weighted by Gasteiger charge is -2.55. The highest BCUT2D eigenvalue weighted by Crippen LogP contribution is 2.46. The van der Waals surface area contributed by atoms with Gasteiger partial charge in [0.1, 0.15) is 0 Å². The lowest BCUT2D eigenvalue weighted by Crippen LogP contribution is -2.64. The minimum atomic E-state index is -0.381. The van der Waals surface area contributed by atoms with Crippen LogP contribution in [0, 0.1) is 0 Å². The van der Waals surface area contributed by atoms with E-state index in [0.29, 0.717) is 13.2 Å². The van der Waals surface area contributed by atoms with Crippen LogP contribution in [0.4, 0.5) is 0 Å². The van der Waals surface area contributed by atoms with Crippen molar-refractivity contribution in [3.05, 3.63) is 22.5 Å². The first-order valence-corrected chi connectivity index (χ1v) is 14.5. The molecule has 208 valence electrons. The molecule has 0 bridgehead atoms. The largest absolute Gasteiger partial charge is 0.370 e. The molecule has 3 aliphatic rings. The first-order valence-electron chi connectivity index (χ1n) is 13.7. The molecule has 0 amide bonds. The molecule has 0 aromatic rings. The number of hydrogen-bond donors (Lipinski definition) is 0. The fourth-order valence-corrected chi connectivity index (χ4v) is 6.78. The van der Waals surface area contributed by atoms with Crippen LogP contribution in [0.1, 0.15) is 88.5 Å². The summed E-state index contributed by atoms with van der Waals surface area (Å²) in [6.45, 7) is 27.0. The standard InChI is InChI=1S/C28H50Cl2N4O2/c1-11-17-35-33-25(3,4)19-21(23(29)27(33,7)8)31-13-15-32(16-14-31)22-20-26(5,6)34(36-18-12-2)28(9,10)24(22)30/h19,23H,11-18,20H2,1-10H3. The molecule has 1 atom stereocenters. The Labute approximate surface area is 230 Å². The van der Waals surface area contributed by atoms with Gasteiger partial charge in [-0.15, -0.1) is 11.6 Å². The number of hydrogen-bond acceptors (Lipinski definition) is 6. The van der Waals surface area contributed by atoms with E-state index < -0.39 is 0 Å². The quantitative estimate of drug-likeness (QED) is 0.330. The molecule has 0 aromatic carbocycles. The summed E-state index contributed by atoms with van der Waals surface area (Å²) in [5.41, 5.74) is 1.36. The van der Waals surface area contributed by atoms with Crippen molar-refractivity contribution in [1.29, 1.82) is 0 Å². The Morgan fingerprint density at radius 1 is 0.833 bits per heavy atom. The predicted octanol–water partition coefficient (Wildman–Crippen LogP) is 6.36. The monoisotopic (exact) mass is 544 g/mol. The van der Waals surface area contributed by atoms with E-state index >= 15 is 0 Å². The number of piperazine rings is 1. The summed E-state index contributed by atoms with van der Waals surface area (Å²) in [6, 6.07) is 0. The summed E-state index contributed by atoms with van der Waals surface area (Å²) in [5.74, 6) is 0. The molecule has 0 aliphatic carbocycles. The molecule has 36 heavy (non-hydrogen) atoms. The van der Waals surface area contributed by atoms with Crippen LogP contribution in [-0.4, -0.2) is 86.9 Å². The van der Waals surface area contributed by atoms with E-state index in [-0.39, 0.29) is 27.5 Å². The highest BCUT2D eigenvalue weighted by molar-refractivity contribution is 6.31. The summed E-state index contributed by atoms with van der Waals surface area (Å²) < 4.78 is 0. The minimum Gasteiger partial charge on any atom is -0.370 e. The van der Waals surface area contributed by atoms with Gasteiger partial charge in [-0.05, 0) is 74.3 Å². The van der Waals surface area contributed by atoms with E-state index in [4.69, 9.17) is 32.9 Å². The van der Waals surface area contributed by atoms with Crippen LogP contribution >= 0.6 is 23.2 Å². The number of hydroxylamine groups is 4. The van der Waals surface area contributed by atoms with E-state index in [1.807, 2.05) is 0 Å². The van der Waals surface area contributed by atoms with Crippen LogP contribution in [0.25, 0.3) is 0 Å². The summed E-state index contributed by atoms with van der Waals surface area (Å²) in [4.78, 5) is 17.3. The Balaban J connectivity index is 1.79. The minimum absolute atomic E-state index is 0.146. The van der Waals surface area contributed by atoms with Crippen LogP contribution in [0.5, 0.6) is 0 Å². The van der Waals surface area contributed by atoms with E-state index in [1.165, 1.54) is 11.4 Å². The summed E-state index contributed by atoms with van der Waals surface area (Å²) in [7, 11) is 0. The second kappa shape index (κ2) is 10.9. The van der Waals surface area contributed by atoms with Crippen molar-refractivity contribution >= 4 is 23.2 Å². The summed E-state index contributed by atoms with van der Waals surface area (Å²) in [5, 5.41) is 4.95. The number of rotatable bonds is 8. The second-order valence-corrected chi connectivity index (χ2v) is 13.6. The van der Waals surface area contributed by atoms with Crippen molar-refractivity contribution in [2.24, 2.45) is 0 Å². The molecule has 0 spiro atoms. The molecule has 1 fully saturated rings. The molecule has 0 aromatic heterocycles. The molecule has 3 aliphatic heterocycles. The highest BCUT2D eigenvalue weighted by Gasteiger charge is 2.51. The normalized spacial score (nSPS) is 28.4. The van der Waals surface area contributed by atoms with Crippen molar-refractivity contribution in [2.45, 2.75) is 116 Å². The Kier molecular flexibility index (Phi) is 9.13. The zero-order chi connectivity index (χ0) is 27.1. The van der Waals surface area contributed by atoms with Gasteiger partial charge in [-0.25, -0.2) is 0 Å². The van der Waals surface area contributed by atoms with E-state index in [1.54, 1.807) is 0 Å². The molecule has 0 N–H and O–H groups in total. The van der Waals surface area contributed by atoms with E-state index in [0.717, 1.165) is 50.5 Å². The molecular weight excluding hydrogens is 495 g/mol. The fourth-order valence-electron chi connectivity index (χ4n) is 6.23. The van der Waals surface area contributed by atoms with Gasteiger partial charge in [0.25, 0.3) is 0 Å². The maximum atomic E-state index is 7.15. The molecule has 3 heterocycles. The number of halogens is 2. The van der Waals surface area contributed by atoms with Crippen molar-refractivity contribution in [2.75, 3.05) is 39.4 Å². The first-order chi connectivity index (χ1) is 16.6. The van der Waals surface area contributed by atoms with Gasteiger partial charge in [-0.1, -0.05) is 25.4 Å². The van der Waals surface area contributed by atoms with Crippen molar-refractivity contribution in [3.8, 4) is 0 Å².